The molecule has 0 spiro atoms. The molecule has 2 rings (SSSR count). The first kappa shape index (κ1) is 20.3. The summed E-state index contributed by atoms with van der Waals surface area (Å²) >= 11 is 0. The standard InChI is InChI=1S/C19H25F2NO4/c1-2-25-19(24)12-5-7-13(8-6-12)26-16-10-9-14(17(20)18(16)21)15(23)4-3-11-22/h9-10,12-13H,2-8,11,22H2,1H3. The SMILES string of the molecule is CCOC(=O)C1CCC(Oc2ccc(C(=O)CCCN)c(F)c2F)CC1. The highest BCUT2D eigenvalue weighted by atomic mass is 19.2. The second kappa shape index (κ2) is 9.62. The smallest absolute Gasteiger partial charge is 0.308 e. The van der Waals surface area contributed by atoms with E-state index in [0.717, 1.165) is 0 Å². The van der Waals surface area contributed by atoms with Gasteiger partial charge in [0.15, 0.2) is 17.3 Å². The van der Waals surface area contributed by atoms with Crippen LogP contribution < -0.4 is 10.5 Å². The Morgan fingerprint density at radius 1 is 1.15 bits per heavy atom. The van der Waals surface area contributed by atoms with Crippen molar-refractivity contribution in [3.63, 3.8) is 0 Å². The van der Waals surface area contributed by atoms with Crippen molar-refractivity contribution >= 4 is 11.8 Å². The summed E-state index contributed by atoms with van der Waals surface area (Å²) in [6.07, 6.45) is 2.48. The van der Waals surface area contributed by atoms with Gasteiger partial charge in [0.1, 0.15) is 0 Å². The second-order valence-electron chi connectivity index (χ2n) is 6.40. The van der Waals surface area contributed by atoms with Gasteiger partial charge < -0.3 is 15.2 Å². The lowest BCUT2D eigenvalue weighted by molar-refractivity contribution is -0.149. The summed E-state index contributed by atoms with van der Waals surface area (Å²) in [5.74, 6) is -3.42. The number of Topliss-reactive ketones (excluding diaryl/α,β-unsaturated/α-hetero) is 1. The number of hydrogen-bond donors (Lipinski definition) is 1. The van der Waals surface area contributed by atoms with Gasteiger partial charge in [0.25, 0.3) is 0 Å². The van der Waals surface area contributed by atoms with E-state index in [1.807, 2.05) is 0 Å². The zero-order valence-corrected chi connectivity index (χ0v) is 14.9. The van der Waals surface area contributed by atoms with Crippen molar-refractivity contribution in [1.82, 2.24) is 0 Å². The van der Waals surface area contributed by atoms with E-state index in [-0.39, 0.29) is 35.7 Å². The molecule has 1 aliphatic rings. The molecule has 1 aromatic rings. The molecule has 5 nitrogen and oxygen atoms in total. The molecule has 144 valence electrons. The normalized spacial score (nSPS) is 19.8. The minimum atomic E-state index is -1.19. The average Bonchev–Trinajstić information content (AvgIpc) is 2.64. The Labute approximate surface area is 151 Å². The van der Waals surface area contributed by atoms with Crippen LogP contribution in [-0.2, 0) is 9.53 Å². The summed E-state index contributed by atoms with van der Waals surface area (Å²) < 4.78 is 39.0. The molecule has 0 bridgehead atoms. The minimum Gasteiger partial charge on any atom is -0.487 e. The van der Waals surface area contributed by atoms with Crippen molar-refractivity contribution in [1.29, 1.82) is 0 Å². The lowest BCUT2D eigenvalue weighted by Gasteiger charge is -2.28. The van der Waals surface area contributed by atoms with Gasteiger partial charge in [-0.25, -0.2) is 4.39 Å². The van der Waals surface area contributed by atoms with Crippen LogP contribution in [0.5, 0.6) is 5.75 Å². The number of halogens is 2. The Hall–Kier alpha value is -2.02. The Bertz CT molecular complexity index is 643. The van der Waals surface area contributed by atoms with Crippen molar-refractivity contribution < 1.29 is 27.8 Å². The fourth-order valence-electron chi connectivity index (χ4n) is 3.09. The molecular formula is C19H25F2NO4. The highest BCUT2D eigenvalue weighted by Gasteiger charge is 2.29. The Balaban J connectivity index is 1.97. The molecular weight excluding hydrogens is 344 g/mol. The number of carbonyl (C=O) groups excluding carboxylic acids is 2. The first-order valence-corrected chi connectivity index (χ1v) is 9.02. The molecule has 26 heavy (non-hydrogen) atoms. The lowest BCUT2D eigenvalue weighted by atomic mass is 9.87. The van der Waals surface area contributed by atoms with Crippen LogP contribution in [0.2, 0.25) is 0 Å². The van der Waals surface area contributed by atoms with Gasteiger partial charge >= 0.3 is 5.97 Å². The van der Waals surface area contributed by atoms with Crippen molar-refractivity contribution in [2.45, 2.75) is 51.6 Å². The molecule has 1 aromatic carbocycles. The van der Waals surface area contributed by atoms with Gasteiger partial charge in [-0.05, 0) is 57.7 Å². The Morgan fingerprint density at radius 3 is 2.46 bits per heavy atom. The maximum Gasteiger partial charge on any atom is 0.308 e. The van der Waals surface area contributed by atoms with Crippen LogP contribution in [0.4, 0.5) is 8.78 Å². The number of nitrogens with two attached hydrogens (primary N) is 1. The third kappa shape index (κ3) is 5.00. The first-order valence-electron chi connectivity index (χ1n) is 9.02. The fourth-order valence-corrected chi connectivity index (χ4v) is 3.09. The number of hydrogen-bond acceptors (Lipinski definition) is 5. The summed E-state index contributed by atoms with van der Waals surface area (Å²) in [5, 5.41) is 0. The third-order valence-corrected chi connectivity index (χ3v) is 4.54. The van der Waals surface area contributed by atoms with Crippen molar-refractivity contribution in [3.8, 4) is 5.75 Å². The molecule has 1 aliphatic carbocycles. The quantitative estimate of drug-likeness (QED) is 0.561. The molecule has 0 amide bonds. The largest absolute Gasteiger partial charge is 0.487 e. The van der Waals surface area contributed by atoms with Gasteiger partial charge in [-0.1, -0.05) is 0 Å². The molecule has 1 fully saturated rings. The number of benzene rings is 1. The maximum atomic E-state index is 14.3. The predicted molar refractivity (Wildman–Crippen MR) is 92.0 cm³/mol. The van der Waals surface area contributed by atoms with Gasteiger partial charge in [-0.15, -0.1) is 0 Å². The van der Waals surface area contributed by atoms with Crippen LogP contribution >= 0.6 is 0 Å². The van der Waals surface area contributed by atoms with Crippen LogP contribution in [0.25, 0.3) is 0 Å². The van der Waals surface area contributed by atoms with Gasteiger partial charge in [0.05, 0.1) is 24.2 Å². The Kier molecular flexibility index (Phi) is 7.50. The number of rotatable bonds is 8. The summed E-state index contributed by atoms with van der Waals surface area (Å²) in [6.45, 7) is 2.41. The molecule has 0 aliphatic heterocycles. The van der Waals surface area contributed by atoms with Crippen LogP contribution in [0, 0.1) is 17.6 Å². The van der Waals surface area contributed by atoms with E-state index in [1.54, 1.807) is 6.92 Å². The highest BCUT2D eigenvalue weighted by Crippen LogP contribution is 2.31. The molecule has 1 saturated carbocycles. The van der Waals surface area contributed by atoms with E-state index >= 15 is 0 Å². The fraction of sp³-hybridized carbons (Fsp3) is 0.579. The van der Waals surface area contributed by atoms with Crippen LogP contribution in [0.3, 0.4) is 0 Å². The van der Waals surface area contributed by atoms with Gasteiger partial charge in [0.2, 0.25) is 5.82 Å². The predicted octanol–water partition coefficient (Wildman–Crippen LogP) is 3.39. The second-order valence-corrected chi connectivity index (χ2v) is 6.40. The van der Waals surface area contributed by atoms with Crippen molar-refractivity contribution in [3.05, 3.63) is 29.3 Å². The molecule has 0 radical (unpaired) electrons. The zero-order chi connectivity index (χ0) is 19.1. The van der Waals surface area contributed by atoms with E-state index < -0.39 is 17.4 Å². The number of carbonyl (C=O) groups is 2. The molecule has 2 N–H and O–H groups in total. The number of esters is 1. The Morgan fingerprint density at radius 2 is 1.85 bits per heavy atom. The van der Waals surface area contributed by atoms with E-state index in [0.29, 0.717) is 45.3 Å². The topological polar surface area (TPSA) is 78.6 Å². The highest BCUT2D eigenvalue weighted by molar-refractivity contribution is 5.96. The van der Waals surface area contributed by atoms with Crippen molar-refractivity contribution in [2.75, 3.05) is 13.2 Å². The lowest BCUT2D eigenvalue weighted by Crippen LogP contribution is -2.29. The van der Waals surface area contributed by atoms with Crippen LogP contribution in [0.15, 0.2) is 12.1 Å². The first-order chi connectivity index (χ1) is 12.5. The number of ether oxygens (including phenoxy) is 2. The minimum absolute atomic E-state index is 0.0743. The van der Waals surface area contributed by atoms with Gasteiger partial charge in [-0.3, -0.25) is 9.59 Å². The average molecular weight is 369 g/mol. The monoisotopic (exact) mass is 369 g/mol. The van der Waals surface area contributed by atoms with Crippen molar-refractivity contribution in [2.24, 2.45) is 11.7 Å². The van der Waals surface area contributed by atoms with Gasteiger partial charge in [-0.2, -0.15) is 4.39 Å². The summed E-state index contributed by atoms with van der Waals surface area (Å²) in [5.41, 5.74) is 5.04. The molecule has 0 saturated heterocycles. The van der Waals surface area contributed by atoms with E-state index in [1.165, 1.54) is 12.1 Å². The van der Waals surface area contributed by atoms with Gasteiger partial charge in [0, 0.05) is 6.42 Å². The molecule has 0 unspecified atom stereocenters. The number of ketones is 1. The molecule has 7 heteroatoms. The zero-order valence-electron chi connectivity index (χ0n) is 14.9. The summed E-state index contributed by atoms with van der Waals surface area (Å²) in [7, 11) is 0. The summed E-state index contributed by atoms with van der Waals surface area (Å²) in [4.78, 5) is 23.6. The molecule has 0 atom stereocenters. The van der Waals surface area contributed by atoms with E-state index in [9.17, 15) is 18.4 Å². The molecule has 0 heterocycles. The van der Waals surface area contributed by atoms with E-state index in [2.05, 4.69) is 0 Å². The van der Waals surface area contributed by atoms with E-state index in [4.69, 9.17) is 15.2 Å². The summed E-state index contributed by atoms with van der Waals surface area (Å²) in [6, 6.07) is 2.53. The maximum absolute atomic E-state index is 14.3. The third-order valence-electron chi connectivity index (χ3n) is 4.54. The molecule has 0 aromatic heterocycles. The van der Waals surface area contributed by atoms with Crippen LogP contribution in [-0.4, -0.2) is 31.0 Å². The van der Waals surface area contributed by atoms with Crippen LogP contribution in [0.1, 0.15) is 55.8 Å².